The Labute approximate surface area is 180 Å². The van der Waals surface area contributed by atoms with Gasteiger partial charge in [-0.25, -0.2) is 9.97 Å². The zero-order valence-electron chi connectivity index (χ0n) is 16.2. The van der Waals surface area contributed by atoms with Crippen LogP contribution in [0, 0.1) is 0 Å². The number of guanidine groups is 1. The Hall–Kier alpha value is -1.16. The maximum absolute atomic E-state index is 6.06. The van der Waals surface area contributed by atoms with Crippen LogP contribution in [0.1, 0.15) is 44.9 Å². The molecule has 1 aliphatic carbocycles. The largest absolute Gasteiger partial charge is 0.370 e. The molecule has 1 aliphatic heterocycles. The number of halogens is 1. The van der Waals surface area contributed by atoms with Crippen LogP contribution in [0.15, 0.2) is 23.5 Å². The zero-order chi connectivity index (χ0) is 18.0. The molecule has 0 atom stereocenters. The van der Waals surface area contributed by atoms with Gasteiger partial charge < -0.3 is 16.0 Å². The van der Waals surface area contributed by atoms with Crippen LogP contribution < -0.4 is 16.0 Å². The van der Waals surface area contributed by atoms with E-state index >= 15 is 0 Å². The van der Waals surface area contributed by atoms with Crippen LogP contribution in [0.2, 0.25) is 0 Å². The molecule has 7 nitrogen and oxygen atoms in total. The molecule has 1 saturated carbocycles. The van der Waals surface area contributed by atoms with Crippen molar-refractivity contribution < 1.29 is 0 Å². The summed E-state index contributed by atoms with van der Waals surface area (Å²) >= 11 is 0. The van der Waals surface area contributed by atoms with Gasteiger partial charge in [-0.15, -0.1) is 24.0 Å². The van der Waals surface area contributed by atoms with Crippen LogP contribution in [0.3, 0.4) is 0 Å². The van der Waals surface area contributed by atoms with Crippen LogP contribution in [0.5, 0.6) is 0 Å². The lowest BCUT2D eigenvalue weighted by Crippen LogP contribution is -2.47. The average Bonchev–Trinajstić information content (AvgIpc) is 2.95. The molecule has 0 unspecified atom stereocenters. The highest BCUT2D eigenvalue weighted by Crippen LogP contribution is 2.17. The SMILES string of the molecule is I.NC(=NCCCN1CCN(c2ncccn2)CC1)NC1CCCCCC1. The first-order chi connectivity index (χ1) is 12.8. The molecule has 2 fully saturated rings. The van der Waals surface area contributed by atoms with Gasteiger partial charge in [0.05, 0.1) is 0 Å². The minimum Gasteiger partial charge on any atom is -0.370 e. The maximum Gasteiger partial charge on any atom is 0.225 e. The second-order valence-electron chi connectivity index (χ2n) is 7.33. The molecule has 152 valence electrons. The predicted molar refractivity (Wildman–Crippen MR) is 122 cm³/mol. The summed E-state index contributed by atoms with van der Waals surface area (Å²) in [7, 11) is 0. The van der Waals surface area contributed by atoms with Gasteiger partial charge in [-0.05, 0) is 25.3 Å². The van der Waals surface area contributed by atoms with Gasteiger partial charge in [-0.3, -0.25) is 9.89 Å². The highest BCUT2D eigenvalue weighted by molar-refractivity contribution is 14.0. The summed E-state index contributed by atoms with van der Waals surface area (Å²) in [5, 5.41) is 3.41. The Morgan fingerprint density at radius 1 is 1.07 bits per heavy atom. The minimum atomic E-state index is 0. The summed E-state index contributed by atoms with van der Waals surface area (Å²) in [6.45, 7) is 5.95. The standard InChI is InChI=1S/C19H33N7.HI/c20-18(24-17-7-3-1-2-4-8-17)21-11-6-12-25-13-15-26(16-14-25)19-22-9-5-10-23-19;/h5,9-10,17H,1-4,6-8,11-16H2,(H3,20,21,24);1H. The fraction of sp³-hybridized carbons (Fsp3) is 0.737. The first-order valence-corrected chi connectivity index (χ1v) is 10.1. The molecule has 8 heteroatoms. The normalized spacial score (nSPS) is 20.0. The monoisotopic (exact) mass is 487 g/mol. The first kappa shape index (κ1) is 22.1. The van der Waals surface area contributed by atoms with Crippen molar-refractivity contribution in [2.24, 2.45) is 10.7 Å². The van der Waals surface area contributed by atoms with Crippen molar-refractivity contribution >= 4 is 35.9 Å². The van der Waals surface area contributed by atoms with E-state index in [1.165, 1.54) is 38.5 Å². The first-order valence-electron chi connectivity index (χ1n) is 10.1. The lowest BCUT2D eigenvalue weighted by atomic mass is 10.1. The van der Waals surface area contributed by atoms with E-state index in [4.69, 9.17) is 5.73 Å². The summed E-state index contributed by atoms with van der Waals surface area (Å²) in [5.74, 6) is 1.47. The molecule has 1 aromatic rings. The fourth-order valence-electron chi connectivity index (χ4n) is 3.80. The second-order valence-corrected chi connectivity index (χ2v) is 7.33. The van der Waals surface area contributed by atoms with E-state index in [1.807, 2.05) is 6.07 Å². The third kappa shape index (κ3) is 7.77. The van der Waals surface area contributed by atoms with E-state index in [0.29, 0.717) is 12.0 Å². The van der Waals surface area contributed by atoms with Crippen LogP contribution in [-0.2, 0) is 0 Å². The molecule has 0 bridgehead atoms. The third-order valence-corrected chi connectivity index (χ3v) is 5.33. The molecule has 2 heterocycles. The van der Waals surface area contributed by atoms with E-state index in [0.717, 1.165) is 51.6 Å². The molecule has 27 heavy (non-hydrogen) atoms. The van der Waals surface area contributed by atoms with Crippen LogP contribution >= 0.6 is 24.0 Å². The molecular weight excluding hydrogens is 453 g/mol. The Morgan fingerprint density at radius 3 is 2.41 bits per heavy atom. The van der Waals surface area contributed by atoms with Crippen molar-refractivity contribution in [1.82, 2.24) is 20.2 Å². The molecule has 0 aromatic carbocycles. The molecule has 2 aliphatic rings. The lowest BCUT2D eigenvalue weighted by Gasteiger charge is -2.34. The summed E-state index contributed by atoms with van der Waals surface area (Å²) in [5.41, 5.74) is 6.06. The number of piperazine rings is 1. The van der Waals surface area contributed by atoms with Gasteiger partial charge in [0.1, 0.15) is 0 Å². The third-order valence-electron chi connectivity index (χ3n) is 5.33. The molecule has 0 radical (unpaired) electrons. The Balaban J connectivity index is 0.00000261. The maximum atomic E-state index is 6.06. The molecule has 3 N–H and O–H groups in total. The van der Waals surface area contributed by atoms with E-state index < -0.39 is 0 Å². The molecule has 1 aromatic heterocycles. The summed E-state index contributed by atoms with van der Waals surface area (Å²) < 4.78 is 0. The molecule has 0 spiro atoms. The molecular formula is C19H34IN7. The fourth-order valence-corrected chi connectivity index (χ4v) is 3.80. The Morgan fingerprint density at radius 2 is 1.74 bits per heavy atom. The smallest absolute Gasteiger partial charge is 0.225 e. The van der Waals surface area contributed by atoms with E-state index in [-0.39, 0.29) is 24.0 Å². The Kier molecular flexibility index (Phi) is 10.1. The van der Waals surface area contributed by atoms with Gasteiger partial charge in [-0.2, -0.15) is 0 Å². The number of nitrogens with two attached hydrogens (primary N) is 1. The van der Waals surface area contributed by atoms with E-state index in [1.54, 1.807) is 12.4 Å². The van der Waals surface area contributed by atoms with Crippen molar-refractivity contribution in [2.75, 3.05) is 44.2 Å². The average molecular weight is 487 g/mol. The van der Waals surface area contributed by atoms with Gasteiger partial charge in [0, 0.05) is 57.7 Å². The van der Waals surface area contributed by atoms with E-state index in [2.05, 4.69) is 30.1 Å². The molecule has 1 saturated heterocycles. The highest BCUT2D eigenvalue weighted by atomic mass is 127. The summed E-state index contributed by atoms with van der Waals surface area (Å²) in [6.07, 6.45) is 12.5. The number of nitrogens with one attached hydrogen (secondary N) is 1. The lowest BCUT2D eigenvalue weighted by molar-refractivity contribution is 0.255. The minimum absolute atomic E-state index is 0. The molecule has 0 amide bonds. The number of anilines is 1. The number of hydrogen-bond acceptors (Lipinski definition) is 5. The van der Waals surface area contributed by atoms with Crippen molar-refractivity contribution in [2.45, 2.75) is 51.0 Å². The van der Waals surface area contributed by atoms with E-state index in [9.17, 15) is 0 Å². The van der Waals surface area contributed by atoms with Crippen molar-refractivity contribution in [3.63, 3.8) is 0 Å². The molecule has 3 rings (SSSR count). The number of aliphatic imine (C=N–C) groups is 1. The van der Waals surface area contributed by atoms with Gasteiger partial charge >= 0.3 is 0 Å². The van der Waals surface area contributed by atoms with Crippen LogP contribution in [0.25, 0.3) is 0 Å². The van der Waals surface area contributed by atoms with Crippen molar-refractivity contribution in [1.29, 1.82) is 0 Å². The van der Waals surface area contributed by atoms with Crippen LogP contribution in [-0.4, -0.2) is 66.1 Å². The van der Waals surface area contributed by atoms with Gasteiger partial charge in [0.2, 0.25) is 5.95 Å². The summed E-state index contributed by atoms with van der Waals surface area (Å²) in [4.78, 5) is 17.9. The number of nitrogens with zero attached hydrogens (tertiary/aromatic N) is 5. The van der Waals surface area contributed by atoms with Crippen molar-refractivity contribution in [3.05, 3.63) is 18.5 Å². The topological polar surface area (TPSA) is 82.7 Å². The zero-order valence-corrected chi connectivity index (χ0v) is 18.6. The van der Waals surface area contributed by atoms with Crippen LogP contribution in [0.4, 0.5) is 5.95 Å². The van der Waals surface area contributed by atoms with Crippen molar-refractivity contribution in [3.8, 4) is 0 Å². The second kappa shape index (κ2) is 12.3. The Bertz CT molecular complexity index is 538. The predicted octanol–water partition coefficient (Wildman–Crippen LogP) is 2.23. The van der Waals surface area contributed by atoms with Gasteiger partial charge in [-0.1, -0.05) is 25.7 Å². The summed E-state index contributed by atoms with van der Waals surface area (Å²) in [6, 6.07) is 2.38. The van der Waals surface area contributed by atoms with Gasteiger partial charge in [0.25, 0.3) is 0 Å². The number of hydrogen-bond donors (Lipinski definition) is 2. The number of aromatic nitrogens is 2. The quantitative estimate of drug-likeness (QED) is 0.211. The van der Waals surface area contributed by atoms with Gasteiger partial charge in [0.15, 0.2) is 5.96 Å². The number of rotatable bonds is 6. The highest BCUT2D eigenvalue weighted by Gasteiger charge is 2.18.